The van der Waals surface area contributed by atoms with Crippen molar-refractivity contribution in [2.45, 2.75) is 0 Å². The summed E-state index contributed by atoms with van der Waals surface area (Å²) in [5, 5.41) is 30.6. The fourth-order valence-electron chi connectivity index (χ4n) is 8.09. The van der Waals surface area contributed by atoms with Crippen molar-refractivity contribution < 1.29 is 14.6 Å². The Morgan fingerprint density at radius 1 is 0.333 bits per heavy atom. The van der Waals surface area contributed by atoms with Crippen LogP contribution >= 0.6 is 0 Å². The van der Waals surface area contributed by atoms with E-state index in [4.69, 9.17) is 28.0 Å². The summed E-state index contributed by atoms with van der Waals surface area (Å²) in [6, 6.07) is 52.3. The van der Waals surface area contributed by atoms with Gasteiger partial charge in [-0.15, -0.1) is 5.46 Å². The summed E-state index contributed by atoms with van der Waals surface area (Å²) in [7, 11) is 18.4. The fourth-order valence-corrected chi connectivity index (χ4v) is 8.09. The lowest BCUT2D eigenvalue weighted by Crippen LogP contribution is -2.39. The van der Waals surface area contributed by atoms with Crippen LogP contribution in [-0.2, 0) is 0 Å². The van der Waals surface area contributed by atoms with E-state index < -0.39 is 0 Å². The minimum atomic E-state index is -0.312. The van der Waals surface area contributed by atoms with E-state index in [2.05, 4.69) is 109 Å². The average Bonchev–Trinajstić information content (AvgIpc) is 3.59. The molecule has 0 saturated heterocycles. The third-order valence-corrected chi connectivity index (χ3v) is 10.8. The van der Waals surface area contributed by atoms with Crippen molar-refractivity contribution in [2.24, 2.45) is 0 Å². The van der Waals surface area contributed by atoms with Gasteiger partial charge in [-0.25, -0.2) is 0 Å². The summed E-state index contributed by atoms with van der Waals surface area (Å²) in [6.45, 7) is 0. The minimum Gasteiger partial charge on any atom is -0.508 e. The van der Waals surface area contributed by atoms with E-state index in [-0.39, 0.29) is 33.5 Å². The number of benzene rings is 9. The Morgan fingerprint density at radius 3 is 1.54 bits per heavy atom. The Labute approximate surface area is 315 Å². The molecule has 1 heterocycles. The lowest BCUT2D eigenvalue weighted by molar-refractivity contribution is 0.460. The van der Waals surface area contributed by atoms with Crippen LogP contribution in [0.2, 0.25) is 0 Å². The molecular weight excluding hydrogens is 657 g/mol. The SMILES string of the molecule is [B]c1c([B])c(O)c(-c2c3ccccc3c(-c3ccc4oc5cc(-c6cccc(-c7ccc8ccccc8c7)c6)ccc5c4c3)c3ccccc23)c(O)c1[B]. The Kier molecular flexibility index (Phi) is 7.25. The topological polar surface area (TPSA) is 53.6 Å². The van der Waals surface area contributed by atoms with Crippen molar-refractivity contribution >= 4 is 94.2 Å². The van der Waals surface area contributed by atoms with Gasteiger partial charge in [-0.05, 0) is 102 Å². The maximum atomic E-state index is 11.3. The first kappa shape index (κ1) is 32.0. The van der Waals surface area contributed by atoms with E-state index in [1.165, 1.54) is 16.3 Å². The molecular formula is C48H27B3O3. The largest absolute Gasteiger partial charge is 0.508 e. The molecule has 9 aromatic carbocycles. The Morgan fingerprint density at radius 2 is 0.870 bits per heavy atom. The normalized spacial score (nSPS) is 11.7. The number of hydrogen-bond donors (Lipinski definition) is 2. The van der Waals surface area contributed by atoms with Gasteiger partial charge in [-0.2, -0.15) is 0 Å². The van der Waals surface area contributed by atoms with Gasteiger partial charge in [-0.1, -0.05) is 126 Å². The van der Waals surface area contributed by atoms with Gasteiger partial charge in [0, 0.05) is 16.3 Å². The number of furan rings is 1. The lowest BCUT2D eigenvalue weighted by Gasteiger charge is -2.22. The molecule has 10 rings (SSSR count). The van der Waals surface area contributed by atoms with Gasteiger partial charge in [0.2, 0.25) is 0 Å². The van der Waals surface area contributed by atoms with Crippen LogP contribution in [0.25, 0.3) is 98.8 Å². The maximum absolute atomic E-state index is 11.3. The maximum Gasteiger partial charge on any atom is 0.136 e. The number of hydrogen-bond acceptors (Lipinski definition) is 3. The van der Waals surface area contributed by atoms with E-state index in [1.807, 2.05) is 42.5 Å². The van der Waals surface area contributed by atoms with Crippen molar-refractivity contribution in [3.05, 3.63) is 152 Å². The van der Waals surface area contributed by atoms with Crippen LogP contribution in [0.15, 0.2) is 156 Å². The highest BCUT2D eigenvalue weighted by molar-refractivity contribution is 6.59. The van der Waals surface area contributed by atoms with Crippen molar-refractivity contribution in [3.8, 4) is 56.0 Å². The van der Waals surface area contributed by atoms with Gasteiger partial charge in [0.25, 0.3) is 0 Å². The Bertz CT molecular complexity index is 3090. The second-order valence-corrected chi connectivity index (χ2v) is 13.8. The number of rotatable bonds is 4. The Balaban J connectivity index is 1.12. The van der Waals surface area contributed by atoms with Crippen LogP contribution in [-0.4, -0.2) is 33.8 Å². The fraction of sp³-hybridized carbons (Fsp3) is 0. The first-order chi connectivity index (χ1) is 26.4. The highest BCUT2D eigenvalue weighted by Gasteiger charge is 2.24. The molecule has 6 heteroatoms. The van der Waals surface area contributed by atoms with Crippen LogP contribution in [0.3, 0.4) is 0 Å². The number of phenolic OH excluding ortho intramolecular Hbond substituents is 2. The van der Waals surface area contributed by atoms with E-state index in [0.717, 1.165) is 71.3 Å². The van der Waals surface area contributed by atoms with Crippen LogP contribution in [0, 0.1) is 0 Å². The van der Waals surface area contributed by atoms with E-state index in [9.17, 15) is 10.2 Å². The molecule has 0 spiro atoms. The van der Waals surface area contributed by atoms with Crippen LogP contribution < -0.4 is 16.4 Å². The molecule has 0 aliphatic heterocycles. The summed E-state index contributed by atoms with van der Waals surface area (Å²) in [5.74, 6) is -0.623. The number of aromatic hydroxyl groups is 2. The molecule has 0 bridgehead atoms. The van der Waals surface area contributed by atoms with Gasteiger partial charge in [0.05, 0.1) is 5.56 Å². The van der Waals surface area contributed by atoms with Crippen molar-refractivity contribution in [1.82, 2.24) is 0 Å². The van der Waals surface area contributed by atoms with E-state index >= 15 is 0 Å². The van der Waals surface area contributed by atoms with Crippen molar-refractivity contribution in [3.63, 3.8) is 0 Å². The first-order valence-corrected chi connectivity index (χ1v) is 17.7. The highest BCUT2D eigenvalue weighted by Crippen LogP contribution is 2.48. The molecule has 54 heavy (non-hydrogen) atoms. The molecule has 6 radical (unpaired) electrons. The molecule has 0 amide bonds. The summed E-state index contributed by atoms with van der Waals surface area (Å²) >= 11 is 0. The molecule has 0 fully saturated rings. The third-order valence-electron chi connectivity index (χ3n) is 10.8. The lowest BCUT2D eigenvalue weighted by atomic mass is 9.69. The summed E-state index contributed by atoms with van der Waals surface area (Å²) in [6.07, 6.45) is 0. The van der Waals surface area contributed by atoms with Gasteiger partial charge < -0.3 is 14.6 Å². The minimum absolute atomic E-state index is 0.0544. The number of fused-ring (bicyclic) bond motifs is 6. The molecule has 0 atom stereocenters. The summed E-state index contributed by atoms with van der Waals surface area (Å²) < 4.78 is 6.49. The van der Waals surface area contributed by atoms with Gasteiger partial charge >= 0.3 is 0 Å². The average molecular weight is 684 g/mol. The predicted molar refractivity (Wildman–Crippen MR) is 227 cm³/mol. The predicted octanol–water partition coefficient (Wildman–Crippen LogP) is 9.51. The monoisotopic (exact) mass is 684 g/mol. The van der Waals surface area contributed by atoms with Gasteiger partial charge in [0.1, 0.15) is 46.2 Å². The third kappa shape index (κ3) is 4.87. The molecule has 0 unspecified atom stereocenters. The van der Waals surface area contributed by atoms with Crippen LogP contribution in [0.5, 0.6) is 11.5 Å². The quantitative estimate of drug-likeness (QED) is 0.144. The van der Waals surface area contributed by atoms with Gasteiger partial charge in [-0.3, -0.25) is 0 Å². The Hall–Kier alpha value is -6.65. The molecule has 0 saturated carbocycles. The smallest absolute Gasteiger partial charge is 0.136 e. The molecule has 2 N–H and O–H groups in total. The summed E-state index contributed by atoms with van der Waals surface area (Å²) in [5.41, 5.74) is 8.71. The van der Waals surface area contributed by atoms with Crippen LogP contribution in [0.4, 0.5) is 0 Å². The van der Waals surface area contributed by atoms with E-state index in [0.29, 0.717) is 5.56 Å². The zero-order valence-corrected chi connectivity index (χ0v) is 29.0. The van der Waals surface area contributed by atoms with E-state index in [1.54, 1.807) is 0 Å². The standard InChI is InChI=1S/C48H27B3O3/c49-44-45(50)47(52)43(48(53)46(44)51)42-36-14-5-3-12-34(36)41(35-13-4-6-15-37(35)42)32-19-21-39-38(24-32)33-20-18-31(25-40(33)54-39)29-11-7-10-28(23-29)30-17-16-26-8-1-2-9-27(26)22-30/h1-25,52-53H. The zero-order chi connectivity index (χ0) is 36.7. The first-order valence-electron chi connectivity index (χ1n) is 17.7. The number of phenols is 2. The molecule has 10 aromatic rings. The molecule has 0 aliphatic carbocycles. The van der Waals surface area contributed by atoms with Crippen molar-refractivity contribution in [2.75, 3.05) is 0 Å². The van der Waals surface area contributed by atoms with Gasteiger partial charge in [0.15, 0.2) is 0 Å². The van der Waals surface area contributed by atoms with Crippen molar-refractivity contribution in [1.29, 1.82) is 0 Å². The zero-order valence-electron chi connectivity index (χ0n) is 29.0. The van der Waals surface area contributed by atoms with Crippen LogP contribution in [0.1, 0.15) is 0 Å². The molecule has 246 valence electrons. The second-order valence-electron chi connectivity index (χ2n) is 13.8. The molecule has 0 aliphatic rings. The molecule has 3 nitrogen and oxygen atoms in total. The highest BCUT2D eigenvalue weighted by atomic mass is 16.3. The molecule has 1 aromatic heterocycles. The second kappa shape index (κ2) is 12.2. The summed E-state index contributed by atoms with van der Waals surface area (Å²) in [4.78, 5) is 0.